The zero-order valence-electron chi connectivity index (χ0n) is 26.7. The number of carbonyl (C=O) groups excluding carboxylic acids is 3. The van der Waals surface area contributed by atoms with Gasteiger partial charge < -0.3 is 14.8 Å². The number of sulfonamides is 1. The Bertz CT molecular complexity index is 1890. The number of amides is 1. The molecule has 0 saturated carbocycles. The molecule has 1 saturated heterocycles. The lowest BCUT2D eigenvalue weighted by molar-refractivity contribution is -0.145. The molecule has 0 radical (unpaired) electrons. The Morgan fingerprint density at radius 2 is 1.60 bits per heavy atom. The van der Waals surface area contributed by atoms with E-state index in [0.29, 0.717) is 16.9 Å². The lowest BCUT2D eigenvalue weighted by Gasteiger charge is -2.25. The zero-order valence-corrected chi connectivity index (χ0v) is 28.4. The SMILES string of the molecule is COC(=O)[C@H](Cc1ccc(OC(=O)c2ccc(C(C)(C)C)cc2)cc1)NC(=O)[C@@H]1C[C@H](S)CN1S(=O)(=O)c1ccc2ccccc2c1. The van der Waals surface area contributed by atoms with Crippen LogP contribution in [0.3, 0.4) is 0 Å². The number of thiol groups is 1. The van der Waals surface area contributed by atoms with Gasteiger partial charge in [0.1, 0.15) is 17.8 Å². The third-order valence-corrected chi connectivity index (χ3v) is 10.5. The van der Waals surface area contributed by atoms with Gasteiger partial charge in [0.05, 0.1) is 17.6 Å². The largest absolute Gasteiger partial charge is 0.467 e. The molecule has 246 valence electrons. The first kappa shape index (κ1) is 34.2. The summed E-state index contributed by atoms with van der Waals surface area (Å²) in [6.45, 7) is 6.32. The average Bonchev–Trinajstić information content (AvgIpc) is 3.47. The Morgan fingerprint density at radius 3 is 2.23 bits per heavy atom. The van der Waals surface area contributed by atoms with Crippen LogP contribution in [0.4, 0.5) is 0 Å². The quantitative estimate of drug-likeness (QED) is 0.140. The Balaban J connectivity index is 1.27. The number of hydrogen-bond acceptors (Lipinski definition) is 8. The van der Waals surface area contributed by atoms with Gasteiger partial charge in [-0.25, -0.2) is 18.0 Å². The Kier molecular flexibility index (Phi) is 10.1. The molecule has 1 amide bonds. The van der Waals surface area contributed by atoms with Crippen molar-refractivity contribution >= 4 is 51.3 Å². The summed E-state index contributed by atoms with van der Waals surface area (Å²) in [5.41, 5.74) is 2.14. The maximum Gasteiger partial charge on any atom is 0.343 e. The van der Waals surface area contributed by atoms with Gasteiger partial charge in [-0.05, 0) is 70.1 Å². The van der Waals surface area contributed by atoms with E-state index in [1.165, 1.54) is 13.2 Å². The molecular formula is C36H38N2O7S2. The van der Waals surface area contributed by atoms with Gasteiger partial charge in [-0.2, -0.15) is 16.9 Å². The van der Waals surface area contributed by atoms with E-state index in [4.69, 9.17) is 9.47 Å². The smallest absolute Gasteiger partial charge is 0.343 e. The first-order valence-corrected chi connectivity index (χ1v) is 17.2. The molecule has 47 heavy (non-hydrogen) atoms. The fourth-order valence-corrected chi connectivity index (χ4v) is 7.72. The van der Waals surface area contributed by atoms with Crippen molar-refractivity contribution < 1.29 is 32.3 Å². The van der Waals surface area contributed by atoms with E-state index in [2.05, 4.69) is 38.7 Å². The van der Waals surface area contributed by atoms with Crippen molar-refractivity contribution in [2.24, 2.45) is 0 Å². The van der Waals surface area contributed by atoms with Crippen LogP contribution in [0.1, 0.15) is 48.7 Å². The highest BCUT2D eigenvalue weighted by Gasteiger charge is 2.44. The maximum atomic E-state index is 13.7. The number of benzene rings is 4. The minimum absolute atomic E-state index is 0.0408. The fourth-order valence-electron chi connectivity index (χ4n) is 5.56. The first-order valence-electron chi connectivity index (χ1n) is 15.2. The van der Waals surface area contributed by atoms with Gasteiger partial charge in [-0.3, -0.25) is 4.79 Å². The number of rotatable bonds is 9. The summed E-state index contributed by atoms with van der Waals surface area (Å²) in [5.74, 6) is -1.49. The number of hydrogen-bond donors (Lipinski definition) is 2. The third-order valence-electron chi connectivity index (χ3n) is 8.23. The topological polar surface area (TPSA) is 119 Å². The lowest BCUT2D eigenvalue weighted by atomic mass is 9.87. The van der Waals surface area contributed by atoms with Crippen LogP contribution in [0.2, 0.25) is 0 Å². The summed E-state index contributed by atoms with van der Waals surface area (Å²) < 4.78 is 39.1. The number of nitrogens with zero attached hydrogens (tertiary/aromatic N) is 1. The van der Waals surface area contributed by atoms with E-state index in [0.717, 1.165) is 20.6 Å². The lowest BCUT2D eigenvalue weighted by Crippen LogP contribution is -2.51. The van der Waals surface area contributed by atoms with Crippen molar-refractivity contribution in [3.63, 3.8) is 0 Å². The monoisotopic (exact) mass is 674 g/mol. The van der Waals surface area contributed by atoms with Gasteiger partial charge in [-0.15, -0.1) is 0 Å². The molecule has 0 aliphatic carbocycles. The van der Waals surface area contributed by atoms with Crippen LogP contribution >= 0.6 is 12.6 Å². The molecule has 1 aliphatic rings. The van der Waals surface area contributed by atoms with Crippen molar-refractivity contribution in [3.05, 3.63) is 108 Å². The molecule has 11 heteroatoms. The summed E-state index contributed by atoms with van der Waals surface area (Å²) in [4.78, 5) is 39.1. The summed E-state index contributed by atoms with van der Waals surface area (Å²) in [5, 5.41) is 3.99. The first-order chi connectivity index (χ1) is 22.3. The zero-order chi connectivity index (χ0) is 33.9. The molecule has 4 aromatic rings. The van der Waals surface area contributed by atoms with Gasteiger partial charge in [0.25, 0.3) is 0 Å². The van der Waals surface area contributed by atoms with E-state index in [-0.39, 0.29) is 34.9 Å². The van der Waals surface area contributed by atoms with Crippen molar-refractivity contribution in [1.82, 2.24) is 9.62 Å². The van der Waals surface area contributed by atoms with Crippen LogP contribution in [0.25, 0.3) is 10.8 Å². The summed E-state index contributed by atoms with van der Waals surface area (Å²) in [7, 11) is -2.84. The molecule has 1 aliphatic heterocycles. The van der Waals surface area contributed by atoms with E-state index in [1.54, 1.807) is 48.5 Å². The minimum Gasteiger partial charge on any atom is -0.467 e. The molecule has 0 unspecified atom stereocenters. The Hall–Kier alpha value is -4.19. The van der Waals surface area contributed by atoms with Crippen molar-refractivity contribution in [3.8, 4) is 5.75 Å². The van der Waals surface area contributed by atoms with Crippen LogP contribution in [0, 0.1) is 0 Å². The predicted molar refractivity (Wildman–Crippen MR) is 183 cm³/mol. The van der Waals surface area contributed by atoms with Crippen LogP contribution in [-0.4, -0.2) is 61.6 Å². The van der Waals surface area contributed by atoms with Gasteiger partial charge in [-0.1, -0.05) is 75.4 Å². The minimum atomic E-state index is -4.06. The fraction of sp³-hybridized carbons (Fsp3) is 0.306. The van der Waals surface area contributed by atoms with Crippen LogP contribution in [0.15, 0.2) is 95.9 Å². The number of methoxy groups -OCH3 is 1. The molecule has 1 N–H and O–H groups in total. The number of ether oxygens (including phenoxy) is 2. The van der Waals surface area contributed by atoms with Crippen molar-refractivity contribution in [2.75, 3.05) is 13.7 Å². The van der Waals surface area contributed by atoms with Crippen LogP contribution < -0.4 is 10.1 Å². The highest BCUT2D eigenvalue weighted by Crippen LogP contribution is 2.31. The summed E-state index contributed by atoms with van der Waals surface area (Å²) in [6.07, 6.45) is 0.240. The molecule has 3 atom stereocenters. The molecule has 0 aromatic heterocycles. The van der Waals surface area contributed by atoms with Crippen molar-refractivity contribution in [2.45, 2.75) is 61.3 Å². The molecule has 9 nitrogen and oxygen atoms in total. The highest BCUT2D eigenvalue weighted by molar-refractivity contribution is 7.89. The highest BCUT2D eigenvalue weighted by atomic mass is 32.2. The van der Waals surface area contributed by atoms with Gasteiger partial charge >= 0.3 is 11.9 Å². The molecule has 1 fully saturated rings. The molecule has 1 heterocycles. The van der Waals surface area contributed by atoms with Crippen LogP contribution in [-0.2, 0) is 36.2 Å². The molecule has 4 aromatic carbocycles. The Labute approximate surface area is 280 Å². The number of carbonyl (C=O) groups is 3. The average molecular weight is 675 g/mol. The number of nitrogens with one attached hydrogen (secondary N) is 1. The van der Waals surface area contributed by atoms with Gasteiger partial charge in [0.2, 0.25) is 15.9 Å². The van der Waals surface area contributed by atoms with E-state index >= 15 is 0 Å². The summed E-state index contributed by atoms with van der Waals surface area (Å²) in [6, 6.07) is 24.0. The van der Waals surface area contributed by atoms with E-state index in [1.807, 2.05) is 36.4 Å². The standard InChI is InChI=1S/C36H38N2O7S2/c1-36(2,3)27-14-11-25(12-15-27)34(40)45-28-16-9-23(10-17-28)19-31(35(41)44-4)37-33(39)32-21-29(46)22-38(32)47(42,43)30-18-13-24-7-5-6-8-26(24)20-30/h5-18,20,29,31-32,46H,19,21-22H2,1-4H3,(H,37,39)/t29-,31-,32-/m0/s1. The summed E-state index contributed by atoms with van der Waals surface area (Å²) >= 11 is 4.50. The third kappa shape index (κ3) is 7.86. The molecule has 5 rings (SSSR count). The normalized spacial score (nSPS) is 17.6. The predicted octanol–water partition coefficient (Wildman–Crippen LogP) is 5.32. The molecular weight excluding hydrogens is 637 g/mol. The van der Waals surface area contributed by atoms with E-state index < -0.39 is 40.0 Å². The molecule has 0 bridgehead atoms. The second-order valence-electron chi connectivity index (χ2n) is 12.6. The Morgan fingerprint density at radius 1 is 0.936 bits per heavy atom. The number of fused-ring (bicyclic) bond motifs is 1. The second-order valence-corrected chi connectivity index (χ2v) is 15.3. The van der Waals surface area contributed by atoms with Gasteiger partial charge in [0.15, 0.2) is 0 Å². The van der Waals surface area contributed by atoms with Crippen molar-refractivity contribution in [1.29, 1.82) is 0 Å². The maximum absolute atomic E-state index is 13.7. The number of esters is 2. The molecule has 0 spiro atoms. The van der Waals surface area contributed by atoms with E-state index in [9.17, 15) is 22.8 Å². The second kappa shape index (κ2) is 13.9. The van der Waals surface area contributed by atoms with Crippen LogP contribution in [0.5, 0.6) is 5.75 Å². The van der Waals surface area contributed by atoms with Gasteiger partial charge in [0, 0.05) is 18.2 Å².